The van der Waals surface area contributed by atoms with Gasteiger partial charge in [-0.05, 0) is 37.3 Å². The number of anilines is 1. The Kier molecular flexibility index (Phi) is 4.97. The van der Waals surface area contributed by atoms with Crippen LogP contribution in [0.2, 0.25) is 10.0 Å². The second-order valence-electron chi connectivity index (χ2n) is 5.49. The van der Waals surface area contributed by atoms with Crippen LogP contribution in [0.25, 0.3) is 5.69 Å². The maximum Gasteiger partial charge on any atom is 0.274 e. The zero-order valence-electron chi connectivity index (χ0n) is 13.7. The van der Waals surface area contributed by atoms with Crippen LogP contribution in [0.1, 0.15) is 11.3 Å². The minimum atomic E-state index is -0.0790. The van der Waals surface area contributed by atoms with Crippen molar-refractivity contribution in [2.75, 3.05) is 5.43 Å². The van der Waals surface area contributed by atoms with Gasteiger partial charge >= 0.3 is 0 Å². The Morgan fingerprint density at radius 2 is 1.80 bits per heavy atom. The van der Waals surface area contributed by atoms with Crippen LogP contribution >= 0.6 is 23.2 Å². The van der Waals surface area contributed by atoms with Gasteiger partial charge in [0.05, 0.1) is 33.3 Å². The first-order valence-corrected chi connectivity index (χ1v) is 8.33. The van der Waals surface area contributed by atoms with Crippen LogP contribution < -0.4 is 11.0 Å². The molecule has 25 heavy (non-hydrogen) atoms. The Balaban J connectivity index is 1.90. The Hall–Kier alpha value is -2.50. The molecule has 7 heteroatoms. The van der Waals surface area contributed by atoms with Crippen molar-refractivity contribution in [1.29, 1.82) is 0 Å². The van der Waals surface area contributed by atoms with Crippen molar-refractivity contribution in [3.8, 4) is 5.69 Å². The number of hydrogen-bond donors (Lipinski definition) is 1. The summed E-state index contributed by atoms with van der Waals surface area (Å²) in [7, 11) is 1.82. The Bertz CT molecular complexity index is 990. The molecule has 5 nitrogen and oxygen atoms in total. The Morgan fingerprint density at radius 3 is 2.48 bits per heavy atom. The summed E-state index contributed by atoms with van der Waals surface area (Å²) in [5.41, 5.74) is 5.64. The first kappa shape index (κ1) is 17.3. The first-order valence-electron chi connectivity index (χ1n) is 7.57. The smallest absolute Gasteiger partial charge is 0.274 e. The third-order valence-corrected chi connectivity index (χ3v) is 4.59. The van der Waals surface area contributed by atoms with Gasteiger partial charge in [0.2, 0.25) is 0 Å². The normalized spacial score (nSPS) is 11.2. The number of rotatable bonds is 4. The molecule has 0 saturated heterocycles. The van der Waals surface area contributed by atoms with Crippen LogP contribution in [0.5, 0.6) is 0 Å². The summed E-state index contributed by atoms with van der Waals surface area (Å²) in [6.07, 6.45) is 1.61. The highest BCUT2D eigenvalue weighted by Gasteiger charge is 2.13. The lowest BCUT2D eigenvalue weighted by Crippen LogP contribution is -2.20. The Labute approximate surface area is 155 Å². The molecular formula is C18H16Cl2N4O. The van der Waals surface area contributed by atoms with Crippen molar-refractivity contribution in [3.63, 3.8) is 0 Å². The molecule has 0 aliphatic heterocycles. The lowest BCUT2D eigenvalue weighted by molar-refractivity contribution is 0.643. The number of nitrogens with zero attached hydrogens (tertiary/aromatic N) is 3. The van der Waals surface area contributed by atoms with Crippen LogP contribution in [0.4, 0.5) is 5.69 Å². The lowest BCUT2D eigenvalue weighted by atomic mass is 10.3. The number of halogens is 2. The zero-order chi connectivity index (χ0) is 18.0. The molecule has 0 atom stereocenters. The molecule has 0 unspecified atom stereocenters. The number of hydrazone groups is 1. The van der Waals surface area contributed by atoms with E-state index < -0.39 is 0 Å². The molecule has 128 valence electrons. The second kappa shape index (κ2) is 7.17. The zero-order valence-corrected chi connectivity index (χ0v) is 15.2. The number of nitrogens with one attached hydrogen (secondary N) is 1. The summed E-state index contributed by atoms with van der Waals surface area (Å²) in [4.78, 5) is 12.6. The van der Waals surface area contributed by atoms with Crippen LogP contribution in [-0.2, 0) is 7.05 Å². The number of aromatic nitrogens is 2. The van der Waals surface area contributed by atoms with Gasteiger partial charge < -0.3 is 0 Å². The average molecular weight is 375 g/mol. The Morgan fingerprint density at radius 1 is 1.08 bits per heavy atom. The highest BCUT2D eigenvalue weighted by atomic mass is 35.5. The van der Waals surface area contributed by atoms with Gasteiger partial charge in [-0.25, -0.2) is 4.68 Å². The number of para-hydroxylation sites is 1. The molecule has 1 N–H and O–H groups in total. The molecule has 0 aliphatic rings. The first-order chi connectivity index (χ1) is 12.0. The standard InChI is InChI=1S/C18H16Cl2N4O/c1-12-17(11-21-22-13-8-9-15(19)16(20)10-13)23(2)24(18(12)25)14-6-4-3-5-7-14/h3-11,22H,1-2H3/b21-11-. The topological polar surface area (TPSA) is 51.3 Å². The van der Waals surface area contributed by atoms with E-state index in [9.17, 15) is 4.79 Å². The van der Waals surface area contributed by atoms with Crippen molar-refractivity contribution in [1.82, 2.24) is 9.36 Å². The third kappa shape index (κ3) is 3.48. The van der Waals surface area contributed by atoms with Gasteiger partial charge in [0.15, 0.2) is 0 Å². The molecule has 0 amide bonds. The van der Waals surface area contributed by atoms with E-state index in [-0.39, 0.29) is 5.56 Å². The molecule has 0 spiro atoms. The lowest BCUT2D eigenvalue weighted by Gasteiger charge is -2.08. The predicted octanol–water partition coefficient (Wildman–Crippen LogP) is 4.24. The largest absolute Gasteiger partial charge is 0.279 e. The molecule has 1 aromatic heterocycles. The summed E-state index contributed by atoms with van der Waals surface area (Å²) in [6, 6.07) is 14.6. The SMILES string of the molecule is Cc1c(/C=N\Nc2ccc(Cl)c(Cl)c2)n(C)n(-c2ccccc2)c1=O. The highest BCUT2D eigenvalue weighted by Crippen LogP contribution is 2.24. The fourth-order valence-electron chi connectivity index (χ4n) is 2.53. The van der Waals surface area contributed by atoms with E-state index in [2.05, 4.69) is 10.5 Å². The average Bonchev–Trinajstić information content (AvgIpc) is 2.82. The molecular weight excluding hydrogens is 359 g/mol. The summed E-state index contributed by atoms with van der Waals surface area (Å²) < 4.78 is 3.38. The van der Waals surface area contributed by atoms with Gasteiger partial charge in [-0.2, -0.15) is 5.10 Å². The van der Waals surface area contributed by atoms with Gasteiger partial charge in [-0.1, -0.05) is 41.4 Å². The summed E-state index contributed by atoms with van der Waals surface area (Å²) in [6.45, 7) is 1.78. The van der Waals surface area contributed by atoms with E-state index in [4.69, 9.17) is 23.2 Å². The minimum Gasteiger partial charge on any atom is -0.279 e. The van der Waals surface area contributed by atoms with Crippen molar-refractivity contribution in [2.45, 2.75) is 6.92 Å². The molecule has 0 bridgehead atoms. The maximum atomic E-state index is 12.6. The van der Waals surface area contributed by atoms with E-state index in [1.54, 1.807) is 40.7 Å². The molecule has 3 rings (SSSR count). The molecule has 0 radical (unpaired) electrons. The van der Waals surface area contributed by atoms with Gasteiger partial charge in [-0.15, -0.1) is 0 Å². The number of benzene rings is 2. The van der Waals surface area contributed by atoms with E-state index in [0.29, 0.717) is 27.0 Å². The summed E-state index contributed by atoms with van der Waals surface area (Å²) in [5.74, 6) is 0. The summed E-state index contributed by atoms with van der Waals surface area (Å²) in [5, 5.41) is 5.13. The monoisotopic (exact) mass is 374 g/mol. The molecule has 3 aromatic rings. The fraction of sp³-hybridized carbons (Fsp3) is 0.111. The molecule has 0 aliphatic carbocycles. The van der Waals surface area contributed by atoms with Gasteiger partial charge in [-0.3, -0.25) is 14.9 Å². The van der Waals surface area contributed by atoms with Crippen LogP contribution in [0.15, 0.2) is 58.4 Å². The highest BCUT2D eigenvalue weighted by molar-refractivity contribution is 6.42. The van der Waals surface area contributed by atoms with Crippen LogP contribution in [0.3, 0.4) is 0 Å². The van der Waals surface area contributed by atoms with Gasteiger partial charge in [0.1, 0.15) is 0 Å². The molecule has 0 fully saturated rings. The van der Waals surface area contributed by atoms with Crippen molar-refractivity contribution >= 4 is 35.1 Å². The second-order valence-corrected chi connectivity index (χ2v) is 6.30. The van der Waals surface area contributed by atoms with Crippen molar-refractivity contribution < 1.29 is 0 Å². The molecule has 2 aromatic carbocycles. The van der Waals surface area contributed by atoms with E-state index in [0.717, 1.165) is 5.69 Å². The van der Waals surface area contributed by atoms with E-state index in [1.165, 1.54) is 0 Å². The van der Waals surface area contributed by atoms with E-state index in [1.807, 2.05) is 37.4 Å². The van der Waals surface area contributed by atoms with Gasteiger partial charge in [0, 0.05) is 12.6 Å². The summed E-state index contributed by atoms with van der Waals surface area (Å²) >= 11 is 11.9. The third-order valence-electron chi connectivity index (χ3n) is 3.85. The van der Waals surface area contributed by atoms with E-state index >= 15 is 0 Å². The fourth-order valence-corrected chi connectivity index (χ4v) is 2.83. The van der Waals surface area contributed by atoms with Gasteiger partial charge in [0.25, 0.3) is 5.56 Å². The van der Waals surface area contributed by atoms with Crippen molar-refractivity contribution in [2.24, 2.45) is 12.1 Å². The maximum absolute atomic E-state index is 12.6. The van der Waals surface area contributed by atoms with Crippen LogP contribution in [-0.4, -0.2) is 15.6 Å². The quantitative estimate of drug-likeness (QED) is 0.548. The minimum absolute atomic E-state index is 0.0790. The van der Waals surface area contributed by atoms with Crippen LogP contribution in [0, 0.1) is 6.92 Å². The number of hydrogen-bond acceptors (Lipinski definition) is 3. The molecule has 0 saturated carbocycles. The molecule has 1 heterocycles. The predicted molar refractivity (Wildman–Crippen MR) is 103 cm³/mol. The van der Waals surface area contributed by atoms with Crippen molar-refractivity contribution in [3.05, 3.63) is 80.2 Å².